The van der Waals surface area contributed by atoms with Gasteiger partial charge in [-0.3, -0.25) is 0 Å². The minimum Gasteiger partial charge on any atom is -0.391 e. The van der Waals surface area contributed by atoms with Crippen LogP contribution in [0.3, 0.4) is 0 Å². The number of hydrogen-bond acceptors (Lipinski definition) is 2. The summed E-state index contributed by atoms with van der Waals surface area (Å²) in [4.78, 5) is 0. The van der Waals surface area contributed by atoms with Crippen molar-refractivity contribution in [3.05, 3.63) is 0 Å². The molecule has 1 N–H and O–H groups in total. The Bertz CT molecular complexity index is 247. The smallest absolute Gasteiger partial charge is 0.0745 e. The van der Waals surface area contributed by atoms with Crippen molar-refractivity contribution in [3.63, 3.8) is 0 Å². The van der Waals surface area contributed by atoms with Gasteiger partial charge in [0.05, 0.1) is 18.8 Å². The van der Waals surface area contributed by atoms with Gasteiger partial charge in [0.1, 0.15) is 0 Å². The molecule has 2 bridgehead atoms. The number of ether oxygens (including phenoxy) is 1. The van der Waals surface area contributed by atoms with Gasteiger partial charge >= 0.3 is 0 Å². The Labute approximate surface area is 99.4 Å². The van der Waals surface area contributed by atoms with Crippen LogP contribution in [-0.4, -0.2) is 23.9 Å². The Morgan fingerprint density at radius 2 is 2.06 bits per heavy atom. The van der Waals surface area contributed by atoms with Gasteiger partial charge in [-0.05, 0) is 56.3 Å². The zero-order valence-electron chi connectivity index (χ0n) is 11.1. The van der Waals surface area contributed by atoms with Gasteiger partial charge in [-0.1, -0.05) is 13.8 Å². The van der Waals surface area contributed by atoms with Crippen LogP contribution in [0.25, 0.3) is 0 Å². The maximum Gasteiger partial charge on any atom is 0.0745 e. The average Bonchev–Trinajstić information content (AvgIpc) is 2.79. The first-order chi connectivity index (χ1) is 7.46. The Balaban J connectivity index is 2.01. The van der Waals surface area contributed by atoms with E-state index in [-0.39, 0.29) is 12.2 Å². The fourth-order valence-corrected chi connectivity index (χ4v) is 4.08. The van der Waals surface area contributed by atoms with Gasteiger partial charge in [-0.15, -0.1) is 0 Å². The minimum absolute atomic E-state index is 0.271. The highest BCUT2D eigenvalue weighted by Gasteiger charge is 2.55. The van der Waals surface area contributed by atoms with Crippen LogP contribution in [0.5, 0.6) is 0 Å². The third-order valence-electron chi connectivity index (χ3n) is 5.50. The Hall–Kier alpha value is -0.0800. The van der Waals surface area contributed by atoms with Crippen LogP contribution in [0.15, 0.2) is 0 Å². The molecule has 0 heterocycles. The number of fused-ring (bicyclic) bond motifs is 2. The first kappa shape index (κ1) is 12.4. The van der Waals surface area contributed by atoms with Crippen LogP contribution >= 0.6 is 0 Å². The van der Waals surface area contributed by atoms with E-state index in [1.54, 1.807) is 6.92 Å². The van der Waals surface area contributed by atoms with Crippen molar-refractivity contribution in [1.82, 2.24) is 0 Å². The van der Waals surface area contributed by atoms with Crippen molar-refractivity contribution >= 4 is 0 Å². The van der Waals surface area contributed by atoms with E-state index >= 15 is 0 Å². The molecule has 0 aromatic heterocycles. The molecule has 0 aliphatic heterocycles. The Morgan fingerprint density at radius 1 is 1.38 bits per heavy atom. The molecule has 2 nitrogen and oxygen atoms in total. The molecule has 0 aromatic rings. The van der Waals surface area contributed by atoms with Crippen molar-refractivity contribution in [2.24, 2.45) is 23.2 Å². The molecule has 2 unspecified atom stereocenters. The second-order valence-electron chi connectivity index (χ2n) is 6.25. The summed E-state index contributed by atoms with van der Waals surface area (Å²) in [6.07, 6.45) is 4.13. The van der Waals surface area contributed by atoms with E-state index in [0.29, 0.717) is 12.0 Å². The van der Waals surface area contributed by atoms with Gasteiger partial charge in [0.15, 0.2) is 0 Å². The fourth-order valence-electron chi connectivity index (χ4n) is 4.08. The molecule has 0 spiro atoms. The van der Waals surface area contributed by atoms with Crippen LogP contribution in [0.2, 0.25) is 0 Å². The monoisotopic (exact) mass is 226 g/mol. The molecule has 2 saturated carbocycles. The summed E-state index contributed by atoms with van der Waals surface area (Å²) in [7, 11) is 0. The van der Waals surface area contributed by atoms with E-state index < -0.39 is 0 Å². The molecule has 6 atom stereocenters. The molecular weight excluding hydrogens is 200 g/mol. The van der Waals surface area contributed by atoms with Crippen molar-refractivity contribution in [2.45, 2.75) is 59.2 Å². The van der Waals surface area contributed by atoms with Crippen LogP contribution in [0.4, 0.5) is 0 Å². The third kappa shape index (κ3) is 1.80. The van der Waals surface area contributed by atoms with E-state index in [1.807, 2.05) is 0 Å². The molecule has 0 saturated heterocycles. The highest BCUT2D eigenvalue weighted by Crippen LogP contribution is 2.61. The highest BCUT2D eigenvalue weighted by molar-refractivity contribution is 5.04. The van der Waals surface area contributed by atoms with E-state index in [4.69, 9.17) is 4.74 Å². The second kappa shape index (κ2) is 4.30. The van der Waals surface area contributed by atoms with Gasteiger partial charge in [0, 0.05) is 0 Å². The highest BCUT2D eigenvalue weighted by atomic mass is 16.5. The lowest BCUT2D eigenvalue weighted by molar-refractivity contribution is -0.0920. The van der Waals surface area contributed by atoms with Crippen LogP contribution in [0.1, 0.15) is 47.0 Å². The standard InChI is InChI=1S/C14H26O2/c1-9(15)8-16-11(3)14(4)10(2)12-5-6-13(14)7-12/h9-13,15H,5-8H2,1-4H3/t9?,10-,11?,12+,13-,14-/m1/s1. The first-order valence-corrected chi connectivity index (χ1v) is 6.76. The van der Waals surface area contributed by atoms with Crippen LogP contribution in [0, 0.1) is 23.2 Å². The number of hydrogen-bond donors (Lipinski definition) is 1. The van der Waals surface area contributed by atoms with Gasteiger partial charge in [-0.2, -0.15) is 0 Å². The predicted octanol–water partition coefficient (Wildman–Crippen LogP) is 2.84. The van der Waals surface area contributed by atoms with Crippen molar-refractivity contribution in [3.8, 4) is 0 Å². The minimum atomic E-state index is -0.347. The maximum absolute atomic E-state index is 9.30. The molecule has 16 heavy (non-hydrogen) atoms. The van der Waals surface area contributed by atoms with Crippen molar-refractivity contribution in [2.75, 3.05) is 6.61 Å². The molecule has 2 aliphatic rings. The summed E-state index contributed by atoms with van der Waals surface area (Å²) >= 11 is 0. The summed E-state index contributed by atoms with van der Waals surface area (Å²) in [6, 6.07) is 0. The third-order valence-corrected chi connectivity index (χ3v) is 5.50. The first-order valence-electron chi connectivity index (χ1n) is 6.76. The summed E-state index contributed by atoms with van der Waals surface area (Å²) in [5, 5.41) is 9.30. The lowest BCUT2D eigenvalue weighted by atomic mass is 9.65. The number of aliphatic hydroxyl groups excluding tert-OH is 1. The van der Waals surface area contributed by atoms with Crippen molar-refractivity contribution in [1.29, 1.82) is 0 Å². The number of aliphatic hydroxyl groups is 1. The molecular formula is C14H26O2. The van der Waals surface area contributed by atoms with Gasteiger partial charge < -0.3 is 9.84 Å². The normalized spacial score (nSPS) is 45.9. The SMILES string of the molecule is CC(O)COC(C)[C@]1(C)[C@@H]2CC[C@@H](C2)[C@H]1C. The molecule has 2 rings (SSSR count). The lowest BCUT2D eigenvalue weighted by Gasteiger charge is -2.44. The largest absolute Gasteiger partial charge is 0.391 e. The zero-order valence-corrected chi connectivity index (χ0v) is 11.1. The quantitative estimate of drug-likeness (QED) is 0.798. The summed E-state index contributed by atoms with van der Waals surface area (Å²) in [5.74, 6) is 2.54. The molecule has 2 aliphatic carbocycles. The van der Waals surface area contributed by atoms with E-state index in [1.165, 1.54) is 19.3 Å². The Morgan fingerprint density at radius 3 is 2.56 bits per heavy atom. The van der Waals surface area contributed by atoms with Gasteiger partial charge in [0.2, 0.25) is 0 Å². The van der Waals surface area contributed by atoms with Crippen LogP contribution in [-0.2, 0) is 4.74 Å². The maximum atomic E-state index is 9.30. The molecule has 0 aromatic carbocycles. The zero-order chi connectivity index (χ0) is 11.9. The Kier molecular flexibility index (Phi) is 3.33. The summed E-state index contributed by atoms with van der Waals surface area (Å²) in [6.45, 7) is 9.25. The molecule has 0 radical (unpaired) electrons. The van der Waals surface area contributed by atoms with E-state index in [2.05, 4.69) is 20.8 Å². The molecule has 2 heteroatoms. The topological polar surface area (TPSA) is 29.5 Å². The van der Waals surface area contributed by atoms with Gasteiger partial charge in [-0.25, -0.2) is 0 Å². The summed E-state index contributed by atoms with van der Waals surface area (Å²) < 4.78 is 5.86. The molecule has 2 fully saturated rings. The number of rotatable bonds is 4. The van der Waals surface area contributed by atoms with Crippen LogP contribution < -0.4 is 0 Å². The second-order valence-corrected chi connectivity index (χ2v) is 6.25. The van der Waals surface area contributed by atoms with E-state index in [0.717, 1.165) is 17.8 Å². The molecule has 94 valence electrons. The lowest BCUT2D eigenvalue weighted by Crippen LogP contribution is -2.43. The predicted molar refractivity (Wildman–Crippen MR) is 65.2 cm³/mol. The summed E-state index contributed by atoms with van der Waals surface area (Å²) in [5.41, 5.74) is 0.331. The van der Waals surface area contributed by atoms with Gasteiger partial charge in [0.25, 0.3) is 0 Å². The molecule has 0 amide bonds. The van der Waals surface area contributed by atoms with E-state index in [9.17, 15) is 5.11 Å². The average molecular weight is 226 g/mol. The van der Waals surface area contributed by atoms with Crippen molar-refractivity contribution < 1.29 is 9.84 Å². The fraction of sp³-hybridized carbons (Fsp3) is 1.00.